The summed E-state index contributed by atoms with van der Waals surface area (Å²) in [4.78, 5) is 13.9. The molecule has 2 aromatic carbocycles. The van der Waals surface area contributed by atoms with Crippen molar-refractivity contribution in [3.8, 4) is 0 Å². The minimum atomic E-state index is -3.72. The predicted octanol–water partition coefficient (Wildman–Crippen LogP) is 2.24. The zero-order valence-electron chi connectivity index (χ0n) is 15.3. The summed E-state index contributed by atoms with van der Waals surface area (Å²) in [6, 6.07) is 15.9. The molecule has 7 heteroatoms. The molecule has 0 saturated carbocycles. The number of hydrogen-bond acceptors (Lipinski definition) is 5. The van der Waals surface area contributed by atoms with Gasteiger partial charge < -0.3 is 4.74 Å². The lowest BCUT2D eigenvalue weighted by atomic mass is 10.1. The molecular formula is C20H24N2O4S. The highest BCUT2D eigenvalue weighted by molar-refractivity contribution is 7.89. The molecule has 144 valence electrons. The van der Waals surface area contributed by atoms with Crippen molar-refractivity contribution >= 4 is 15.8 Å². The van der Waals surface area contributed by atoms with Crippen LogP contribution in [0.5, 0.6) is 0 Å². The summed E-state index contributed by atoms with van der Waals surface area (Å²) in [5.74, 6) is -0.164. The Hall–Kier alpha value is -2.06. The van der Waals surface area contributed by atoms with Gasteiger partial charge in [0, 0.05) is 31.2 Å². The number of ether oxygens (including phenoxy) is 1. The van der Waals surface area contributed by atoms with Crippen molar-refractivity contribution < 1.29 is 17.9 Å². The number of benzene rings is 2. The molecule has 1 atom stereocenters. The molecule has 0 aliphatic carbocycles. The fraction of sp³-hybridized carbons (Fsp3) is 0.350. The van der Waals surface area contributed by atoms with Gasteiger partial charge in [-0.15, -0.1) is 0 Å². The minimum absolute atomic E-state index is 0.0825. The highest BCUT2D eigenvalue weighted by Gasteiger charge is 2.25. The molecule has 3 rings (SSSR count). The Morgan fingerprint density at radius 2 is 1.81 bits per heavy atom. The molecule has 1 unspecified atom stereocenters. The Labute approximate surface area is 160 Å². The van der Waals surface area contributed by atoms with Crippen molar-refractivity contribution in [3.05, 3.63) is 65.7 Å². The van der Waals surface area contributed by atoms with Crippen LogP contribution in [0.3, 0.4) is 0 Å². The van der Waals surface area contributed by atoms with Crippen molar-refractivity contribution in [2.45, 2.75) is 17.9 Å². The van der Waals surface area contributed by atoms with Crippen molar-refractivity contribution in [2.75, 3.05) is 32.8 Å². The Morgan fingerprint density at radius 1 is 1.11 bits per heavy atom. The number of rotatable bonds is 7. The van der Waals surface area contributed by atoms with Crippen molar-refractivity contribution in [3.63, 3.8) is 0 Å². The fourth-order valence-corrected chi connectivity index (χ4v) is 4.26. The van der Waals surface area contributed by atoms with Gasteiger partial charge in [-0.05, 0) is 24.6 Å². The van der Waals surface area contributed by atoms with Crippen LogP contribution in [0.1, 0.15) is 28.9 Å². The Bertz CT molecular complexity index is 878. The molecule has 1 aliphatic heterocycles. The van der Waals surface area contributed by atoms with E-state index in [1.165, 1.54) is 19.1 Å². The first-order valence-corrected chi connectivity index (χ1v) is 10.4. The standard InChI is InChI=1S/C20H24N2O4S/c1-16(23)18-8-5-9-19(14-18)27(24,25)21-15-20(17-6-3-2-4-7-17)22-10-12-26-13-11-22/h2-9,14,20-21H,10-13,15H2,1H3. The number of Topliss-reactive ketones (excluding diaryl/α,β-unsaturated/α-hetero) is 1. The number of hydrogen-bond donors (Lipinski definition) is 1. The third kappa shape index (κ3) is 5.01. The number of carbonyl (C=O) groups excluding carboxylic acids is 1. The molecule has 6 nitrogen and oxygen atoms in total. The molecular weight excluding hydrogens is 364 g/mol. The summed E-state index contributed by atoms with van der Waals surface area (Å²) in [6.07, 6.45) is 0. The van der Waals surface area contributed by atoms with Gasteiger partial charge in [0.25, 0.3) is 0 Å². The zero-order chi connectivity index (χ0) is 19.3. The van der Waals surface area contributed by atoms with Gasteiger partial charge in [-0.2, -0.15) is 0 Å². The van der Waals surface area contributed by atoms with E-state index in [0.717, 1.165) is 18.7 Å². The molecule has 0 radical (unpaired) electrons. The van der Waals surface area contributed by atoms with E-state index in [1.54, 1.807) is 12.1 Å². The SMILES string of the molecule is CC(=O)c1cccc(S(=O)(=O)NCC(c2ccccc2)N2CCOCC2)c1. The van der Waals surface area contributed by atoms with E-state index in [-0.39, 0.29) is 23.3 Å². The lowest BCUT2D eigenvalue weighted by Gasteiger charge is -2.34. The van der Waals surface area contributed by atoms with E-state index in [4.69, 9.17) is 4.74 Å². The maximum Gasteiger partial charge on any atom is 0.240 e. The average molecular weight is 388 g/mol. The smallest absolute Gasteiger partial charge is 0.240 e. The lowest BCUT2D eigenvalue weighted by Crippen LogP contribution is -2.43. The van der Waals surface area contributed by atoms with Crippen molar-refractivity contribution in [1.82, 2.24) is 9.62 Å². The third-order valence-corrected chi connectivity index (χ3v) is 6.11. The van der Waals surface area contributed by atoms with E-state index in [1.807, 2.05) is 30.3 Å². The lowest BCUT2D eigenvalue weighted by molar-refractivity contribution is 0.0172. The van der Waals surface area contributed by atoms with Gasteiger partial charge in [-0.3, -0.25) is 9.69 Å². The predicted molar refractivity (Wildman–Crippen MR) is 103 cm³/mol. The Morgan fingerprint density at radius 3 is 2.48 bits per heavy atom. The summed E-state index contributed by atoms with van der Waals surface area (Å²) in [5, 5.41) is 0. The van der Waals surface area contributed by atoms with Crippen LogP contribution in [-0.4, -0.2) is 51.9 Å². The Balaban J connectivity index is 1.80. The van der Waals surface area contributed by atoms with Crippen LogP contribution in [0.15, 0.2) is 59.5 Å². The van der Waals surface area contributed by atoms with E-state index in [2.05, 4.69) is 9.62 Å². The van der Waals surface area contributed by atoms with Crippen LogP contribution in [0, 0.1) is 0 Å². The Kier molecular flexibility index (Phi) is 6.38. The zero-order valence-corrected chi connectivity index (χ0v) is 16.1. The van der Waals surface area contributed by atoms with Gasteiger partial charge in [0.05, 0.1) is 18.1 Å². The maximum atomic E-state index is 12.8. The van der Waals surface area contributed by atoms with E-state index < -0.39 is 10.0 Å². The van der Waals surface area contributed by atoms with Crippen LogP contribution >= 0.6 is 0 Å². The quantitative estimate of drug-likeness (QED) is 0.736. The number of nitrogens with one attached hydrogen (secondary N) is 1. The second kappa shape index (κ2) is 8.75. The highest BCUT2D eigenvalue weighted by atomic mass is 32.2. The van der Waals surface area contributed by atoms with E-state index in [9.17, 15) is 13.2 Å². The van der Waals surface area contributed by atoms with Gasteiger partial charge in [-0.25, -0.2) is 13.1 Å². The molecule has 1 aliphatic rings. The van der Waals surface area contributed by atoms with Gasteiger partial charge in [0.1, 0.15) is 0 Å². The molecule has 2 aromatic rings. The molecule has 1 fully saturated rings. The first-order chi connectivity index (χ1) is 13.0. The number of nitrogens with zero attached hydrogens (tertiary/aromatic N) is 1. The molecule has 27 heavy (non-hydrogen) atoms. The summed E-state index contributed by atoms with van der Waals surface area (Å²) >= 11 is 0. The largest absolute Gasteiger partial charge is 0.379 e. The number of carbonyl (C=O) groups is 1. The van der Waals surface area contributed by atoms with Gasteiger partial charge in [0.2, 0.25) is 10.0 Å². The number of morpholine rings is 1. The molecule has 1 saturated heterocycles. The van der Waals surface area contributed by atoms with Crippen LogP contribution in [0.2, 0.25) is 0 Å². The highest BCUT2D eigenvalue weighted by Crippen LogP contribution is 2.22. The molecule has 0 bridgehead atoms. The van der Waals surface area contributed by atoms with Gasteiger partial charge in [0.15, 0.2) is 5.78 Å². The maximum absolute atomic E-state index is 12.8. The van der Waals surface area contributed by atoms with Crippen LogP contribution in [-0.2, 0) is 14.8 Å². The molecule has 0 amide bonds. The third-order valence-electron chi connectivity index (χ3n) is 4.69. The minimum Gasteiger partial charge on any atom is -0.379 e. The van der Waals surface area contributed by atoms with Crippen LogP contribution < -0.4 is 4.72 Å². The summed E-state index contributed by atoms with van der Waals surface area (Å²) < 4.78 is 33.7. The van der Waals surface area contributed by atoms with Crippen LogP contribution in [0.25, 0.3) is 0 Å². The number of ketones is 1. The van der Waals surface area contributed by atoms with E-state index in [0.29, 0.717) is 18.8 Å². The molecule has 0 spiro atoms. The van der Waals surface area contributed by atoms with Crippen LogP contribution in [0.4, 0.5) is 0 Å². The van der Waals surface area contributed by atoms with Crippen molar-refractivity contribution in [2.24, 2.45) is 0 Å². The summed E-state index contributed by atoms with van der Waals surface area (Å²) in [5.41, 5.74) is 1.44. The molecule has 1 heterocycles. The second-order valence-electron chi connectivity index (χ2n) is 6.51. The molecule has 0 aromatic heterocycles. The summed E-state index contributed by atoms with van der Waals surface area (Å²) in [6.45, 7) is 4.44. The summed E-state index contributed by atoms with van der Waals surface area (Å²) in [7, 11) is -3.72. The normalized spacial score (nSPS) is 16.8. The first-order valence-electron chi connectivity index (χ1n) is 8.95. The van der Waals surface area contributed by atoms with E-state index >= 15 is 0 Å². The average Bonchev–Trinajstić information content (AvgIpc) is 2.70. The number of sulfonamides is 1. The second-order valence-corrected chi connectivity index (χ2v) is 8.28. The van der Waals surface area contributed by atoms with Gasteiger partial charge >= 0.3 is 0 Å². The monoisotopic (exact) mass is 388 g/mol. The molecule has 1 N–H and O–H groups in total. The first kappa shape index (κ1) is 19.7. The fourth-order valence-electron chi connectivity index (χ4n) is 3.18. The van der Waals surface area contributed by atoms with Crippen molar-refractivity contribution in [1.29, 1.82) is 0 Å². The topological polar surface area (TPSA) is 75.7 Å². The van der Waals surface area contributed by atoms with Gasteiger partial charge in [-0.1, -0.05) is 42.5 Å².